The van der Waals surface area contributed by atoms with Crippen molar-refractivity contribution in [2.24, 2.45) is 5.92 Å². The number of ether oxygens (including phenoxy) is 1. The Morgan fingerprint density at radius 1 is 1.48 bits per heavy atom. The molecule has 7 heteroatoms. The zero-order valence-electron chi connectivity index (χ0n) is 13.1. The van der Waals surface area contributed by atoms with Crippen molar-refractivity contribution in [3.8, 4) is 0 Å². The van der Waals surface area contributed by atoms with E-state index in [1.54, 1.807) is 7.11 Å². The molecule has 122 valence electrons. The van der Waals surface area contributed by atoms with Gasteiger partial charge in [0.15, 0.2) is 0 Å². The van der Waals surface area contributed by atoms with Crippen LogP contribution in [-0.2, 0) is 17.7 Å². The minimum absolute atomic E-state index is 0.0597. The van der Waals surface area contributed by atoms with Gasteiger partial charge in [0.1, 0.15) is 11.7 Å². The molecule has 1 fully saturated rings. The first-order valence-corrected chi connectivity index (χ1v) is 8.91. The number of carbonyl (C=O) groups excluding carboxylic acids is 1. The van der Waals surface area contributed by atoms with Gasteiger partial charge in [0.2, 0.25) is 0 Å². The molecule has 1 atom stereocenters. The van der Waals surface area contributed by atoms with E-state index in [9.17, 15) is 4.79 Å². The van der Waals surface area contributed by atoms with E-state index in [2.05, 4.69) is 10.3 Å². The first kappa shape index (κ1) is 14.8. The van der Waals surface area contributed by atoms with E-state index in [0.717, 1.165) is 29.5 Å². The highest BCUT2D eigenvalue weighted by Crippen LogP contribution is 2.34. The number of hydrogen-bond donors (Lipinski definition) is 0. The summed E-state index contributed by atoms with van der Waals surface area (Å²) in [6.45, 7) is 2.10. The van der Waals surface area contributed by atoms with Gasteiger partial charge in [-0.3, -0.25) is 4.79 Å². The second-order valence-electron chi connectivity index (χ2n) is 6.24. The van der Waals surface area contributed by atoms with Crippen LogP contribution in [0.3, 0.4) is 0 Å². The molecular formula is C16H20N4O2S. The molecule has 0 bridgehead atoms. The Bertz CT molecular complexity index is 693. The predicted molar refractivity (Wildman–Crippen MR) is 86.4 cm³/mol. The fraction of sp³-hybridized carbons (Fsp3) is 0.562. The Morgan fingerprint density at radius 2 is 2.35 bits per heavy atom. The van der Waals surface area contributed by atoms with E-state index in [1.807, 2.05) is 27.1 Å². The molecule has 0 saturated heterocycles. The van der Waals surface area contributed by atoms with Crippen molar-refractivity contribution in [1.82, 2.24) is 19.9 Å². The maximum absolute atomic E-state index is 12.8. The average molecular weight is 332 g/mol. The molecule has 1 aliphatic carbocycles. The second-order valence-corrected chi connectivity index (χ2v) is 7.19. The van der Waals surface area contributed by atoms with Gasteiger partial charge in [0.05, 0.1) is 17.2 Å². The van der Waals surface area contributed by atoms with Crippen LogP contribution < -0.4 is 0 Å². The van der Waals surface area contributed by atoms with E-state index in [-0.39, 0.29) is 11.9 Å². The van der Waals surface area contributed by atoms with Gasteiger partial charge in [-0.25, -0.2) is 4.68 Å². The van der Waals surface area contributed by atoms with Gasteiger partial charge in [0.25, 0.3) is 5.91 Å². The molecule has 0 radical (unpaired) electrons. The smallest absolute Gasteiger partial charge is 0.264 e. The van der Waals surface area contributed by atoms with Crippen molar-refractivity contribution in [3.63, 3.8) is 0 Å². The standard InChI is InChI=1S/C16H20N4O2S/c1-22-10-13-15-12(20(18-17-15)9-11-4-5-11)6-7-19(13)16(21)14-3-2-8-23-14/h2-3,8,11,13H,4-7,9-10H2,1H3/t13-/m1/s1. The van der Waals surface area contributed by atoms with Gasteiger partial charge in [0, 0.05) is 26.6 Å². The van der Waals surface area contributed by atoms with Crippen LogP contribution in [0.15, 0.2) is 17.5 Å². The lowest BCUT2D eigenvalue weighted by molar-refractivity contribution is 0.0494. The number of carbonyl (C=O) groups is 1. The first-order valence-electron chi connectivity index (χ1n) is 8.03. The second kappa shape index (κ2) is 6.05. The molecule has 0 aromatic carbocycles. The van der Waals surface area contributed by atoms with Crippen molar-refractivity contribution in [3.05, 3.63) is 33.8 Å². The summed E-state index contributed by atoms with van der Waals surface area (Å²) < 4.78 is 7.42. The van der Waals surface area contributed by atoms with Crippen LogP contribution in [0, 0.1) is 5.92 Å². The topological polar surface area (TPSA) is 60.3 Å². The molecule has 4 rings (SSSR count). The maximum Gasteiger partial charge on any atom is 0.264 e. The van der Waals surface area contributed by atoms with Gasteiger partial charge in [-0.1, -0.05) is 11.3 Å². The lowest BCUT2D eigenvalue weighted by atomic mass is 10.0. The maximum atomic E-state index is 12.8. The Labute approximate surface area is 139 Å². The van der Waals surface area contributed by atoms with Crippen LogP contribution in [0.25, 0.3) is 0 Å². The van der Waals surface area contributed by atoms with Crippen LogP contribution in [0.1, 0.15) is 39.9 Å². The molecule has 0 N–H and O–H groups in total. The molecule has 0 unspecified atom stereocenters. The summed E-state index contributed by atoms with van der Waals surface area (Å²) in [6, 6.07) is 3.63. The van der Waals surface area contributed by atoms with Crippen LogP contribution in [0.4, 0.5) is 0 Å². The van der Waals surface area contributed by atoms with Gasteiger partial charge >= 0.3 is 0 Å². The first-order chi connectivity index (χ1) is 11.3. The molecule has 2 aromatic heterocycles. The monoisotopic (exact) mass is 332 g/mol. The lowest BCUT2D eigenvalue weighted by Gasteiger charge is -2.34. The summed E-state index contributed by atoms with van der Waals surface area (Å²) in [5.74, 6) is 0.817. The van der Waals surface area contributed by atoms with Crippen molar-refractivity contribution < 1.29 is 9.53 Å². The number of methoxy groups -OCH3 is 1. The molecule has 1 aliphatic heterocycles. The van der Waals surface area contributed by atoms with E-state index in [0.29, 0.717) is 13.2 Å². The number of thiophene rings is 1. The van der Waals surface area contributed by atoms with Crippen molar-refractivity contribution in [2.75, 3.05) is 20.3 Å². The number of hydrogen-bond acceptors (Lipinski definition) is 5. The SMILES string of the molecule is COC[C@@H]1c2nnn(CC3CC3)c2CCN1C(=O)c1cccs1. The number of aromatic nitrogens is 3. The summed E-state index contributed by atoms with van der Waals surface area (Å²) >= 11 is 1.47. The molecule has 23 heavy (non-hydrogen) atoms. The highest BCUT2D eigenvalue weighted by atomic mass is 32.1. The van der Waals surface area contributed by atoms with Gasteiger partial charge < -0.3 is 9.64 Å². The molecule has 1 amide bonds. The third-order valence-electron chi connectivity index (χ3n) is 4.59. The molecule has 2 aromatic rings. The predicted octanol–water partition coefficient (Wildman–Crippen LogP) is 2.14. The fourth-order valence-electron chi connectivity index (χ4n) is 3.20. The van der Waals surface area contributed by atoms with Gasteiger partial charge in [-0.2, -0.15) is 0 Å². The number of amides is 1. The van der Waals surface area contributed by atoms with Crippen molar-refractivity contribution in [2.45, 2.75) is 31.8 Å². The fourth-order valence-corrected chi connectivity index (χ4v) is 3.87. The largest absolute Gasteiger partial charge is 0.382 e. The van der Waals surface area contributed by atoms with Gasteiger partial charge in [-0.15, -0.1) is 16.4 Å². The highest BCUT2D eigenvalue weighted by molar-refractivity contribution is 7.12. The Kier molecular flexibility index (Phi) is 3.90. The minimum Gasteiger partial charge on any atom is -0.382 e. The van der Waals surface area contributed by atoms with Crippen LogP contribution in [-0.4, -0.2) is 46.1 Å². The normalized spacial score (nSPS) is 20.6. The molecule has 2 aliphatic rings. The summed E-state index contributed by atoms with van der Waals surface area (Å²) in [5, 5.41) is 10.7. The summed E-state index contributed by atoms with van der Waals surface area (Å²) in [7, 11) is 1.66. The van der Waals surface area contributed by atoms with Crippen LogP contribution >= 0.6 is 11.3 Å². The molecule has 0 spiro atoms. The summed E-state index contributed by atoms with van der Waals surface area (Å²) in [5.41, 5.74) is 2.08. The van der Waals surface area contributed by atoms with Crippen LogP contribution in [0.5, 0.6) is 0 Å². The van der Waals surface area contributed by atoms with Crippen LogP contribution in [0.2, 0.25) is 0 Å². The third-order valence-corrected chi connectivity index (χ3v) is 5.45. The van der Waals surface area contributed by atoms with Gasteiger partial charge in [-0.05, 0) is 30.2 Å². The molecular weight excluding hydrogens is 312 g/mol. The summed E-state index contributed by atoms with van der Waals surface area (Å²) in [6.07, 6.45) is 3.39. The van der Waals surface area contributed by atoms with Crippen molar-refractivity contribution >= 4 is 17.2 Å². The Balaban J connectivity index is 1.62. The van der Waals surface area contributed by atoms with E-state index >= 15 is 0 Å². The zero-order chi connectivity index (χ0) is 15.8. The molecule has 3 heterocycles. The average Bonchev–Trinajstić information content (AvgIpc) is 3.05. The quantitative estimate of drug-likeness (QED) is 0.842. The summed E-state index contributed by atoms with van der Waals surface area (Å²) in [4.78, 5) is 15.4. The molecule has 6 nitrogen and oxygen atoms in total. The third kappa shape index (κ3) is 2.79. The Morgan fingerprint density at radius 3 is 3.04 bits per heavy atom. The number of fused-ring (bicyclic) bond motifs is 1. The number of rotatable bonds is 5. The van der Waals surface area contributed by atoms with E-state index in [1.165, 1.54) is 29.9 Å². The number of nitrogens with zero attached hydrogens (tertiary/aromatic N) is 4. The molecule has 1 saturated carbocycles. The lowest BCUT2D eigenvalue weighted by Crippen LogP contribution is -2.42. The van der Waals surface area contributed by atoms with Crippen molar-refractivity contribution in [1.29, 1.82) is 0 Å². The minimum atomic E-state index is -0.147. The van der Waals surface area contributed by atoms with E-state index in [4.69, 9.17) is 4.74 Å². The Hall–Kier alpha value is -1.73. The highest BCUT2D eigenvalue weighted by Gasteiger charge is 2.36. The van der Waals surface area contributed by atoms with E-state index < -0.39 is 0 Å². The zero-order valence-corrected chi connectivity index (χ0v) is 14.0.